The highest BCUT2D eigenvalue weighted by Crippen LogP contribution is 2.51. The zero-order chi connectivity index (χ0) is 39.2. The lowest BCUT2D eigenvalue weighted by Crippen LogP contribution is -2.15. The lowest BCUT2D eigenvalue weighted by Gasteiger charge is -2.28. The molecule has 0 fully saturated rings. The minimum absolute atomic E-state index is 0.0712. The van der Waals surface area contributed by atoms with Crippen LogP contribution in [0.15, 0.2) is 199 Å². The third kappa shape index (κ3) is 5.25. The van der Waals surface area contributed by atoms with Gasteiger partial charge >= 0.3 is 0 Å². The van der Waals surface area contributed by atoms with Crippen LogP contribution in [0.5, 0.6) is 0 Å². The van der Waals surface area contributed by atoms with Crippen molar-refractivity contribution in [1.82, 2.24) is 4.98 Å². The molecule has 10 aromatic carbocycles. The van der Waals surface area contributed by atoms with Gasteiger partial charge in [-0.3, -0.25) is 0 Å². The van der Waals surface area contributed by atoms with Crippen molar-refractivity contribution < 1.29 is 4.42 Å². The van der Waals surface area contributed by atoms with Crippen LogP contribution >= 0.6 is 0 Å². The number of hydrogen-bond acceptors (Lipinski definition) is 3. The van der Waals surface area contributed by atoms with Crippen LogP contribution in [0.3, 0.4) is 0 Å². The molecule has 0 N–H and O–H groups in total. The first-order valence-electron chi connectivity index (χ1n) is 20.4. The van der Waals surface area contributed by atoms with Crippen molar-refractivity contribution in [2.75, 3.05) is 4.90 Å². The van der Waals surface area contributed by atoms with Crippen molar-refractivity contribution in [3.63, 3.8) is 0 Å². The highest BCUT2D eigenvalue weighted by Gasteiger charge is 2.35. The lowest BCUT2D eigenvalue weighted by molar-refractivity contribution is 0.623. The van der Waals surface area contributed by atoms with E-state index in [4.69, 9.17) is 9.40 Å². The zero-order valence-electron chi connectivity index (χ0n) is 32.8. The monoisotopic (exact) mass is 754 g/mol. The molecule has 1 heterocycles. The normalized spacial score (nSPS) is 13.1. The third-order valence-corrected chi connectivity index (χ3v) is 12.6. The van der Waals surface area contributed by atoms with E-state index < -0.39 is 0 Å². The van der Waals surface area contributed by atoms with Gasteiger partial charge in [0.2, 0.25) is 5.89 Å². The molecule has 0 spiro atoms. The van der Waals surface area contributed by atoms with E-state index in [0.717, 1.165) is 49.9 Å². The van der Waals surface area contributed by atoms with Crippen LogP contribution in [0.25, 0.3) is 87.9 Å². The predicted molar refractivity (Wildman–Crippen MR) is 247 cm³/mol. The average Bonchev–Trinajstić information content (AvgIpc) is 3.83. The fourth-order valence-electron chi connectivity index (χ4n) is 9.66. The van der Waals surface area contributed by atoms with Crippen LogP contribution < -0.4 is 4.90 Å². The Bertz CT molecular complexity index is 3470. The van der Waals surface area contributed by atoms with Crippen molar-refractivity contribution in [3.8, 4) is 33.7 Å². The highest BCUT2D eigenvalue weighted by molar-refractivity contribution is 6.26. The number of benzene rings is 10. The van der Waals surface area contributed by atoms with E-state index in [1.165, 1.54) is 60.3 Å². The van der Waals surface area contributed by atoms with Gasteiger partial charge in [0.25, 0.3) is 0 Å². The maximum Gasteiger partial charge on any atom is 0.227 e. The summed E-state index contributed by atoms with van der Waals surface area (Å²) in [4.78, 5) is 7.36. The van der Waals surface area contributed by atoms with Gasteiger partial charge in [0.15, 0.2) is 5.58 Å². The Morgan fingerprint density at radius 2 is 1.00 bits per heavy atom. The van der Waals surface area contributed by atoms with Crippen LogP contribution in [0.1, 0.15) is 25.0 Å². The second-order valence-electron chi connectivity index (χ2n) is 16.4. The van der Waals surface area contributed by atoms with Crippen molar-refractivity contribution in [3.05, 3.63) is 205 Å². The summed E-state index contributed by atoms with van der Waals surface area (Å²) in [5, 5.41) is 9.32. The van der Waals surface area contributed by atoms with Gasteiger partial charge in [-0.15, -0.1) is 0 Å². The van der Waals surface area contributed by atoms with Crippen molar-refractivity contribution >= 4 is 71.3 Å². The predicted octanol–water partition coefficient (Wildman–Crippen LogP) is 15.6. The molecule has 12 rings (SSSR count). The first kappa shape index (κ1) is 33.6. The minimum atomic E-state index is -0.0712. The Balaban J connectivity index is 1.06. The van der Waals surface area contributed by atoms with Gasteiger partial charge in [0.1, 0.15) is 5.52 Å². The van der Waals surface area contributed by atoms with Gasteiger partial charge in [0, 0.05) is 38.8 Å². The first-order valence-corrected chi connectivity index (χ1v) is 20.4. The first-order chi connectivity index (χ1) is 29.0. The molecule has 1 aromatic heterocycles. The molecular weight excluding hydrogens is 717 g/mol. The van der Waals surface area contributed by atoms with Crippen LogP contribution in [0.2, 0.25) is 0 Å². The topological polar surface area (TPSA) is 29.3 Å². The third-order valence-electron chi connectivity index (χ3n) is 12.6. The second kappa shape index (κ2) is 12.8. The smallest absolute Gasteiger partial charge is 0.227 e. The molecule has 1 aliphatic rings. The number of hydrogen-bond donors (Lipinski definition) is 0. The van der Waals surface area contributed by atoms with E-state index in [2.05, 4.69) is 183 Å². The van der Waals surface area contributed by atoms with Crippen molar-refractivity contribution in [2.24, 2.45) is 0 Å². The maximum atomic E-state index is 6.63. The molecule has 11 aromatic rings. The van der Waals surface area contributed by atoms with Gasteiger partial charge in [-0.05, 0) is 126 Å². The van der Waals surface area contributed by atoms with Gasteiger partial charge in [-0.25, -0.2) is 4.98 Å². The standard InChI is InChI=1S/C56H38N2O/c1-56(2)49-16-10-9-15-47(49)48-34-45(27-29-50(48)56)58(43-25-23-40-31-39(20-21-41(40)32-43)35-11-5-3-6-12-35)44-26-28-46-42(33-44)22-19-36-17-18-37-24-30-51-54(53(37)52(36)46)59-55(57-51)38-13-7-4-8-14-38/h3-34H,1-2H3. The van der Waals surface area contributed by atoms with Crippen molar-refractivity contribution in [2.45, 2.75) is 19.3 Å². The molecule has 0 saturated carbocycles. The molecule has 0 bridgehead atoms. The van der Waals surface area contributed by atoms with E-state index in [9.17, 15) is 0 Å². The van der Waals surface area contributed by atoms with Crippen molar-refractivity contribution in [1.29, 1.82) is 0 Å². The number of fused-ring (bicyclic) bond motifs is 11. The van der Waals surface area contributed by atoms with Gasteiger partial charge in [0.05, 0.1) is 0 Å². The summed E-state index contributed by atoms with van der Waals surface area (Å²) in [6, 6.07) is 70.4. The molecule has 278 valence electrons. The van der Waals surface area contributed by atoms with Gasteiger partial charge in [-0.2, -0.15) is 0 Å². The van der Waals surface area contributed by atoms with E-state index in [1.807, 2.05) is 30.3 Å². The Kier molecular flexibility index (Phi) is 7.27. The average molecular weight is 755 g/mol. The second-order valence-corrected chi connectivity index (χ2v) is 16.4. The molecule has 0 radical (unpaired) electrons. The van der Waals surface area contributed by atoms with E-state index >= 15 is 0 Å². The summed E-state index contributed by atoms with van der Waals surface area (Å²) in [7, 11) is 0. The number of rotatable bonds is 5. The molecular formula is C56H38N2O. The van der Waals surface area contributed by atoms with Gasteiger partial charge in [-0.1, -0.05) is 147 Å². The quantitative estimate of drug-likeness (QED) is 0.164. The van der Waals surface area contributed by atoms with E-state index in [1.54, 1.807) is 0 Å². The Labute approximate surface area is 342 Å². The Morgan fingerprint density at radius 1 is 0.424 bits per heavy atom. The molecule has 0 atom stereocenters. The molecule has 3 heteroatoms. The van der Waals surface area contributed by atoms with Crippen LogP contribution in [0.4, 0.5) is 17.1 Å². The molecule has 59 heavy (non-hydrogen) atoms. The van der Waals surface area contributed by atoms with E-state index in [0.29, 0.717) is 5.89 Å². The number of anilines is 3. The summed E-state index contributed by atoms with van der Waals surface area (Å²) >= 11 is 0. The molecule has 1 aliphatic carbocycles. The maximum absolute atomic E-state index is 6.63. The molecule has 0 amide bonds. The fraction of sp³-hybridized carbons (Fsp3) is 0.0536. The van der Waals surface area contributed by atoms with Gasteiger partial charge < -0.3 is 9.32 Å². The molecule has 0 saturated heterocycles. The minimum Gasteiger partial charge on any atom is -0.435 e. The molecule has 3 nitrogen and oxygen atoms in total. The van der Waals surface area contributed by atoms with Crippen LogP contribution in [-0.2, 0) is 5.41 Å². The lowest BCUT2D eigenvalue weighted by atomic mass is 9.82. The molecule has 0 unspecified atom stereocenters. The van der Waals surface area contributed by atoms with Crippen LogP contribution in [-0.4, -0.2) is 4.98 Å². The summed E-state index contributed by atoms with van der Waals surface area (Å²) < 4.78 is 6.63. The summed E-state index contributed by atoms with van der Waals surface area (Å²) in [6.07, 6.45) is 0. The Morgan fingerprint density at radius 3 is 1.81 bits per heavy atom. The SMILES string of the molecule is CC1(C)c2ccccc2-c2cc(N(c3ccc4cc(-c5ccccc5)ccc4c3)c3ccc4c(ccc5ccc6ccc7nc(-c8ccccc8)oc7c6c54)c3)ccc21. The van der Waals surface area contributed by atoms with Crippen LogP contribution in [0, 0.1) is 0 Å². The zero-order valence-corrected chi connectivity index (χ0v) is 32.8. The fourth-order valence-corrected chi connectivity index (χ4v) is 9.66. The highest BCUT2D eigenvalue weighted by atomic mass is 16.3. The number of nitrogens with zero attached hydrogens (tertiary/aromatic N) is 2. The largest absolute Gasteiger partial charge is 0.435 e. The summed E-state index contributed by atoms with van der Waals surface area (Å²) in [6.45, 7) is 4.68. The Hall–Kier alpha value is -7.49. The summed E-state index contributed by atoms with van der Waals surface area (Å²) in [5.74, 6) is 0.635. The number of aromatic nitrogens is 1. The summed E-state index contributed by atoms with van der Waals surface area (Å²) in [5.41, 5.74) is 13.7. The number of oxazole rings is 1. The molecule has 0 aliphatic heterocycles. The van der Waals surface area contributed by atoms with E-state index in [-0.39, 0.29) is 5.41 Å².